The molecule has 8 heteroatoms. The van der Waals surface area contributed by atoms with Gasteiger partial charge >= 0.3 is 0 Å². The Hall–Kier alpha value is -4.01. The minimum Gasteiger partial charge on any atom is -0.497 e. The lowest BCUT2D eigenvalue weighted by Crippen LogP contribution is -2.36. The van der Waals surface area contributed by atoms with Gasteiger partial charge < -0.3 is 20.1 Å². The molecule has 2 heterocycles. The molecular weight excluding hydrogens is 560 g/mol. The minimum absolute atomic E-state index is 0.0293. The maximum absolute atomic E-state index is 15.1. The van der Waals surface area contributed by atoms with Gasteiger partial charge in [0.2, 0.25) is 5.91 Å². The quantitative estimate of drug-likeness (QED) is 0.257. The Morgan fingerprint density at radius 3 is 2.57 bits per heavy atom. The van der Waals surface area contributed by atoms with Crippen molar-refractivity contribution >= 4 is 28.9 Å². The number of anilines is 2. The van der Waals surface area contributed by atoms with E-state index in [0.29, 0.717) is 31.9 Å². The van der Waals surface area contributed by atoms with Crippen LogP contribution in [-0.2, 0) is 21.5 Å². The molecule has 3 aromatic carbocycles. The molecule has 1 saturated carbocycles. The number of benzene rings is 3. The summed E-state index contributed by atoms with van der Waals surface area (Å²) in [6, 6.07) is 14.9. The van der Waals surface area contributed by atoms with Gasteiger partial charge in [0.1, 0.15) is 17.4 Å². The second kappa shape index (κ2) is 12.2. The molecule has 6 rings (SSSR count). The average Bonchev–Trinajstić information content (AvgIpc) is 3.74. The topological polar surface area (TPSA) is 62.8 Å². The smallest absolute Gasteiger partial charge is 0.235 e. The van der Waals surface area contributed by atoms with Gasteiger partial charge in [0, 0.05) is 55.1 Å². The van der Waals surface area contributed by atoms with Crippen LogP contribution >= 0.6 is 0 Å². The van der Waals surface area contributed by atoms with Gasteiger partial charge in [-0.25, -0.2) is 8.78 Å². The molecule has 2 N–H and O–H groups in total. The standard InChI is InChI=1S/C36H39F2N3O3/c1-5-22(2)26(9-6-23-16-31(37)28(32(38)17-23)21-41-12-14-44-15-13-41)27-10-7-24(18-34(27)39-3)30-20-36(30)29-19-25(43-4)8-11-33(29)40-35(36)42/h6-11,16-19,30,39H,5,12-15,20-21H2,1-4H3,(H,40,42). The van der Waals surface area contributed by atoms with Crippen molar-refractivity contribution in [2.24, 2.45) is 0 Å². The molecule has 0 bridgehead atoms. The fourth-order valence-corrected chi connectivity index (χ4v) is 6.60. The Labute approximate surface area is 257 Å². The highest BCUT2D eigenvalue weighted by molar-refractivity contribution is 6.10. The number of rotatable bonds is 9. The van der Waals surface area contributed by atoms with E-state index in [4.69, 9.17) is 9.47 Å². The summed E-state index contributed by atoms with van der Waals surface area (Å²) >= 11 is 0. The summed E-state index contributed by atoms with van der Waals surface area (Å²) in [6.07, 6.45) is 5.26. The van der Waals surface area contributed by atoms with Crippen molar-refractivity contribution in [3.8, 4) is 5.75 Å². The summed E-state index contributed by atoms with van der Waals surface area (Å²) in [5.74, 6) is -0.263. The van der Waals surface area contributed by atoms with Crippen molar-refractivity contribution in [1.82, 2.24) is 4.90 Å². The Morgan fingerprint density at radius 1 is 1.14 bits per heavy atom. The Morgan fingerprint density at radius 2 is 1.89 bits per heavy atom. The first kappa shape index (κ1) is 30.0. The zero-order valence-corrected chi connectivity index (χ0v) is 25.7. The van der Waals surface area contributed by atoms with Crippen LogP contribution in [0.5, 0.6) is 5.75 Å². The lowest BCUT2D eigenvalue weighted by Gasteiger charge is -2.26. The molecule has 3 aromatic rings. The van der Waals surface area contributed by atoms with Crippen LogP contribution in [0.2, 0.25) is 0 Å². The van der Waals surface area contributed by atoms with Crippen LogP contribution < -0.4 is 15.4 Å². The van der Waals surface area contributed by atoms with Gasteiger partial charge in [0.05, 0.1) is 25.7 Å². The molecule has 0 aromatic heterocycles. The summed E-state index contributed by atoms with van der Waals surface area (Å²) in [5.41, 5.74) is 6.95. The summed E-state index contributed by atoms with van der Waals surface area (Å²) in [6.45, 7) is 6.86. The third-order valence-electron chi connectivity index (χ3n) is 9.41. The number of nitrogens with one attached hydrogen (secondary N) is 2. The Kier molecular flexibility index (Phi) is 8.31. The van der Waals surface area contributed by atoms with Crippen molar-refractivity contribution in [3.63, 3.8) is 0 Å². The molecule has 1 aliphatic carbocycles. The van der Waals surface area contributed by atoms with E-state index in [9.17, 15) is 4.79 Å². The first-order valence-electron chi connectivity index (χ1n) is 15.3. The number of amides is 1. The van der Waals surface area contributed by atoms with E-state index in [1.54, 1.807) is 13.2 Å². The largest absolute Gasteiger partial charge is 0.497 e. The second-order valence-electron chi connectivity index (χ2n) is 11.9. The fourth-order valence-electron chi connectivity index (χ4n) is 6.60. The van der Waals surface area contributed by atoms with Crippen LogP contribution in [-0.4, -0.2) is 51.3 Å². The first-order chi connectivity index (χ1) is 21.3. The Bertz CT molecular complexity index is 1640. The van der Waals surface area contributed by atoms with Crippen LogP contribution in [0.15, 0.2) is 60.2 Å². The van der Waals surface area contributed by atoms with Crippen LogP contribution in [0, 0.1) is 11.6 Å². The van der Waals surface area contributed by atoms with Gasteiger partial charge in [-0.2, -0.15) is 0 Å². The molecule has 2 atom stereocenters. The van der Waals surface area contributed by atoms with Gasteiger partial charge in [0.25, 0.3) is 0 Å². The van der Waals surface area contributed by atoms with Gasteiger partial charge in [0.15, 0.2) is 0 Å². The van der Waals surface area contributed by atoms with Crippen LogP contribution in [0.25, 0.3) is 11.6 Å². The average molecular weight is 600 g/mol. The number of halogens is 2. The normalized spacial score (nSPS) is 21.8. The van der Waals surface area contributed by atoms with E-state index in [1.165, 1.54) is 12.1 Å². The van der Waals surface area contributed by atoms with E-state index in [1.807, 2.05) is 36.2 Å². The third kappa shape index (κ3) is 5.41. The maximum atomic E-state index is 15.1. The predicted molar refractivity (Wildman–Crippen MR) is 171 cm³/mol. The molecule has 1 amide bonds. The highest BCUT2D eigenvalue weighted by atomic mass is 19.1. The molecule has 6 nitrogen and oxygen atoms in total. The SMILES string of the molecule is CCC(C)=C(C=Cc1cc(F)c(CN2CCOCC2)c(F)c1)c1ccc(C2CC23C(=O)Nc2ccc(OC)cc23)cc1NC. The van der Waals surface area contributed by atoms with Crippen molar-refractivity contribution in [3.05, 3.63) is 99.6 Å². The first-order valence-corrected chi connectivity index (χ1v) is 15.3. The number of hydrogen-bond donors (Lipinski definition) is 2. The fraction of sp³-hybridized carbons (Fsp3) is 0.361. The van der Waals surface area contributed by atoms with E-state index in [0.717, 1.165) is 57.8 Å². The number of ether oxygens (including phenoxy) is 2. The molecule has 1 spiro atoms. The van der Waals surface area contributed by atoms with E-state index in [-0.39, 0.29) is 23.9 Å². The van der Waals surface area contributed by atoms with Crippen LogP contribution in [0.4, 0.5) is 20.2 Å². The predicted octanol–water partition coefficient (Wildman–Crippen LogP) is 7.12. The zero-order valence-electron chi connectivity index (χ0n) is 25.7. The minimum atomic E-state index is -0.587. The summed E-state index contributed by atoms with van der Waals surface area (Å²) in [5, 5.41) is 6.40. The number of carbonyl (C=O) groups excluding carboxylic acids is 1. The van der Waals surface area contributed by atoms with Crippen molar-refractivity contribution < 1.29 is 23.0 Å². The highest BCUT2D eigenvalue weighted by Gasteiger charge is 2.65. The number of nitrogens with zero attached hydrogens (tertiary/aromatic N) is 1. The highest BCUT2D eigenvalue weighted by Crippen LogP contribution is 2.65. The van der Waals surface area contributed by atoms with Gasteiger partial charge in [-0.05, 0) is 78.4 Å². The lowest BCUT2D eigenvalue weighted by atomic mass is 9.90. The number of carbonyl (C=O) groups is 1. The molecule has 2 aliphatic heterocycles. The van der Waals surface area contributed by atoms with E-state index >= 15 is 8.78 Å². The van der Waals surface area contributed by atoms with Crippen molar-refractivity contribution in [1.29, 1.82) is 0 Å². The van der Waals surface area contributed by atoms with E-state index < -0.39 is 17.0 Å². The second-order valence-corrected chi connectivity index (χ2v) is 11.9. The van der Waals surface area contributed by atoms with Crippen LogP contribution in [0.3, 0.4) is 0 Å². The monoisotopic (exact) mass is 599 g/mol. The molecule has 2 fully saturated rings. The van der Waals surface area contributed by atoms with E-state index in [2.05, 4.69) is 42.7 Å². The van der Waals surface area contributed by atoms with Crippen molar-refractivity contribution in [2.75, 3.05) is 51.1 Å². The summed E-state index contributed by atoms with van der Waals surface area (Å²) in [7, 11) is 3.52. The molecule has 0 radical (unpaired) electrons. The third-order valence-corrected chi connectivity index (χ3v) is 9.41. The number of morpholine rings is 1. The molecule has 1 saturated heterocycles. The summed E-state index contributed by atoms with van der Waals surface area (Å²) < 4.78 is 41.0. The number of methoxy groups -OCH3 is 1. The number of fused-ring (bicyclic) bond motifs is 2. The number of hydrogen-bond acceptors (Lipinski definition) is 5. The molecular formula is C36H39F2N3O3. The number of allylic oxidation sites excluding steroid dienone is 3. The molecule has 44 heavy (non-hydrogen) atoms. The zero-order chi connectivity index (χ0) is 31.0. The molecule has 230 valence electrons. The van der Waals surface area contributed by atoms with Gasteiger partial charge in [-0.1, -0.05) is 36.8 Å². The molecule has 2 unspecified atom stereocenters. The maximum Gasteiger partial charge on any atom is 0.235 e. The Balaban J connectivity index is 1.27. The summed E-state index contributed by atoms with van der Waals surface area (Å²) in [4.78, 5) is 15.2. The van der Waals surface area contributed by atoms with Crippen LogP contribution in [0.1, 0.15) is 60.4 Å². The van der Waals surface area contributed by atoms with Crippen molar-refractivity contribution in [2.45, 2.75) is 44.6 Å². The lowest BCUT2D eigenvalue weighted by molar-refractivity contribution is -0.118. The molecule has 3 aliphatic rings. The van der Waals surface area contributed by atoms with Gasteiger partial charge in [-0.15, -0.1) is 0 Å². The van der Waals surface area contributed by atoms with Gasteiger partial charge in [-0.3, -0.25) is 9.69 Å².